The Kier molecular flexibility index (Phi) is 6.82. The van der Waals surface area contributed by atoms with E-state index < -0.39 is 82.5 Å². The van der Waals surface area contributed by atoms with Crippen LogP contribution in [-0.4, -0.2) is 72.2 Å². The number of alkyl halides is 4. The number of ether oxygens (including phenoxy) is 3. The standard InChI is InChI=1S/C18H24F4O9S/c19-17(20,18(21,22)32(26,27)28)5-6-29-14(23)9-30-12-8-11(16(25)3-1-2-4-16)10-7-13(12)31-15(10)24/h10-13,25H,1-9H2,(H,26,27,28). The molecule has 3 rings (SSSR count). The third-order valence-corrected chi connectivity index (χ3v) is 7.39. The van der Waals surface area contributed by atoms with Crippen LogP contribution in [0.2, 0.25) is 0 Å². The summed E-state index contributed by atoms with van der Waals surface area (Å²) < 4.78 is 97.3. The zero-order chi connectivity index (χ0) is 23.9. The molecule has 14 heteroatoms. The van der Waals surface area contributed by atoms with E-state index in [0.717, 1.165) is 12.8 Å². The summed E-state index contributed by atoms with van der Waals surface area (Å²) in [5, 5.41) is 5.17. The Labute approximate surface area is 181 Å². The van der Waals surface area contributed by atoms with Crippen LogP contribution in [0.3, 0.4) is 0 Å². The normalized spacial score (nSPS) is 30.2. The van der Waals surface area contributed by atoms with Crippen molar-refractivity contribution in [2.24, 2.45) is 11.8 Å². The summed E-state index contributed by atoms with van der Waals surface area (Å²) in [6, 6.07) is 0. The Morgan fingerprint density at radius 3 is 2.41 bits per heavy atom. The predicted octanol–water partition coefficient (Wildman–Crippen LogP) is 1.68. The average molecular weight is 492 g/mol. The Morgan fingerprint density at radius 2 is 1.81 bits per heavy atom. The molecule has 2 N–H and O–H groups in total. The first-order valence-corrected chi connectivity index (χ1v) is 11.5. The number of carbonyl (C=O) groups excluding carboxylic acids is 2. The number of fused-ring (bicyclic) bond motifs is 2. The number of esters is 2. The summed E-state index contributed by atoms with van der Waals surface area (Å²) in [6.45, 7) is -2.01. The van der Waals surface area contributed by atoms with Crippen LogP contribution in [0.4, 0.5) is 17.6 Å². The van der Waals surface area contributed by atoms with E-state index in [1.165, 1.54) is 0 Å². The molecule has 9 nitrogen and oxygen atoms in total. The molecular formula is C18H24F4O9S. The van der Waals surface area contributed by atoms with Crippen molar-refractivity contribution < 1.29 is 59.4 Å². The quantitative estimate of drug-likeness (QED) is 0.280. The van der Waals surface area contributed by atoms with Gasteiger partial charge >= 0.3 is 33.2 Å². The number of hydrogen-bond acceptors (Lipinski definition) is 8. The highest BCUT2D eigenvalue weighted by molar-refractivity contribution is 7.87. The molecule has 32 heavy (non-hydrogen) atoms. The van der Waals surface area contributed by atoms with Crippen LogP contribution < -0.4 is 0 Å². The molecule has 0 radical (unpaired) electrons. The van der Waals surface area contributed by atoms with Gasteiger partial charge in [0, 0.05) is 12.3 Å². The molecular weight excluding hydrogens is 468 g/mol. The highest BCUT2D eigenvalue weighted by Crippen LogP contribution is 2.49. The van der Waals surface area contributed by atoms with Crippen molar-refractivity contribution in [2.45, 2.75) is 73.9 Å². The molecule has 1 heterocycles. The van der Waals surface area contributed by atoms with E-state index in [-0.39, 0.29) is 6.42 Å². The Morgan fingerprint density at radius 1 is 1.19 bits per heavy atom. The van der Waals surface area contributed by atoms with Crippen LogP contribution in [0.25, 0.3) is 0 Å². The third-order valence-electron chi connectivity index (χ3n) is 6.45. The maximum absolute atomic E-state index is 13.4. The molecule has 4 unspecified atom stereocenters. The monoisotopic (exact) mass is 492 g/mol. The maximum Gasteiger partial charge on any atom is 0.431 e. The molecule has 2 bridgehead atoms. The summed E-state index contributed by atoms with van der Waals surface area (Å²) in [7, 11) is -6.37. The second kappa shape index (κ2) is 8.69. The number of rotatable bonds is 9. The summed E-state index contributed by atoms with van der Waals surface area (Å²) in [5.41, 5.74) is -1.04. The zero-order valence-corrected chi connectivity index (χ0v) is 17.7. The molecule has 0 amide bonds. The van der Waals surface area contributed by atoms with E-state index in [1.807, 2.05) is 0 Å². The van der Waals surface area contributed by atoms with Gasteiger partial charge in [-0.25, -0.2) is 4.79 Å². The molecule has 1 aliphatic heterocycles. The van der Waals surface area contributed by atoms with E-state index in [9.17, 15) is 40.7 Å². The second-order valence-corrected chi connectivity index (χ2v) is 9.95. The van der Waals surface area contributed by atoms with Gasteiger partial charge < -0.3 is 19.3 Å². The molecule has 0 aromatic heterocycles. The van der Waals surface area contributed by atoms with E-state index in [1.54, 1.807) is 0 Å². The van der Waals surface area contributed by atoms with E-state index in [4.69, 9.17) is 14.0 Å². The smallest absolute Gasteiger partial charge is 0.431 e. The second-order valence-electron chi connectivity index (χ2n) is 8.49. The molecule has 184 valence electrons. The van der Waals surface area contributed by atoms with Gasteiger partial charge in [-0.05, 0) is 19.3 Å². The van der Waals surface area contributed by atoms with Gasteiger partial charge in [-0.1, -0.05) is 12.8 Å². The first kappa shape index (κ1) is 25.1. The summed E-state index contributed by atoms with van der Waals surface area (Å²) in [4.78, 5) is 23.9. The molecule has 3 fully saturated rings. The average Bonchev–Trinajstić information content (AvgIpc) is 3.25. The van der Waals surface area contributed by atoms with Crippen molar-refractivity contribution >= 4 is 22.1 Å². The molecule has 3 aliphatic rings. The van der Waals surface area contributed by atoms with Crippen LogP contribution in [0.1, 0.15) is 44.9 Å². The molecule has 4 atom stereocenters. The molecule has 0 aromatic rings. The largest absolute Gasteiger partial charge is 0.464 e. The van der Waals surface area contributed by atoms with Crippen molar-refractivity contribution in [3.05, 3.63) is 0 Å². The Hall–Kier alpha value is -1.51. The minimum atomic E-state index is -6.37. The van der Waals surface area contributed by atoms with Crippen molar-refractivity contribution in [3.63, 3.8) is 0 Å². The van der Waals surface area contributed by atoms with Crippen molar-refractivity contribution in [1.29, 1.82) is 0 Å². The lowest BCUT2D eigenvalue weighted by Gasteiger charge is -2.40. The fraction of sp³-hybridized carbons (Fsp3) is 0.889. The van der Waals surface area contributed by atoms with E-state index in [0.29, 0.717) is 19.3 Å². The molecule has 0 aromatic carbocycles. The fourth-order valence-electron chi connectivity index (χ4n) is 4.73. The van der Waals surface area contributed by atoms with Crippen LogP contribution in [-0.2, 0) is 33.9 Å². The zero-order valence-electron chi connectivity index (χ0n) is 16.8. The minimum absolute atomic E-state index is 0.240. The lowest BCUT2D eigenvalue weighted by atomic mass is 9.69. The van der Waals surface area contributed by atoms with Crippen LogP contribution >= 0.6 is 0 Å². The predicted molar refractivity (Wildman–Crippen MR) is 96.3 cm³/mol. The Bertz CT molecular complexity index is 841. The lowest BCUT2D eigenvalue weighted by molar-refractivity contribution is -0.177. The van der Waals surface area contributed by atoms with Gasteiger partial charge in [0.1, 0.15) is 12.7 Å². The fourth-order valence-corrected chi connectivity index (χ4v) is 5.20. The lowest BCUT2D eigenvalue weighted by Crippen LogP contribution is -2.47. The van der Waals surface area contributed by atoms with Crippen molar-refractivity contribution in [2.75, 3.05) is 13.2 Å². The van der Waals surface area contributed by atoms with Gasteiger partial charge in [-0.3, -0.25) is 9.35 Å². The molecule has 2 saturated carbocycles. The van der Waals surface area contributed by atoms with Crippen LogP contribution in [0.15, 0.2) is 0 Å². The van der Waals surface area contributed by atoms with Gasteiger partial charge in [-0.2, -0.15) is 26.0 Å². The highest BCUT2D eigenvalue weighted by Gasteiger charge is 2.65. The summed E-state index contributed by atoms with van der Waals surface area (Å²) in [6.07, 6.45) is 0.00332. The summed E-state index contributed by atoms with van der Waals surface area (Å²) in [5.74, 6) is -7.70. The third kappa shape index (κ3) is 4.73. The van der Waals surface area contributed by atoms with E-state index in [2.05, 4.69) is 4.74 Å². The van der Waals surface area contributed by atoms with Gasteiger partial charge in [0.2, 0.25) is 0 Å². The van der Waals surface area contributed by atoms with E-state index >= 15 is 0 Å². The number of carbonyl (C=O) groups is 2. The topological polar surface area (TPSA) is 136 Å². The summed E-state index contributed by atoms with van der Waals surface area (Å²) >= 11 is 0. The highest BCUT2D eigenvalue weighted by atomic mass is 32.2. The van der Waals surface area contributed by atoms with Crippen LogP contribution in [0.5, 0.6) is 0 Å². The van der Waals surface area contributed by atoms with Crippen molar-refractivity contribution in [3.8, 4) is 0 Å². The van der Waals surface area contributed by atoms with Crippen LogP contribution in [0, 0.1) is 11.8 Å². The van der Waals surface area contributed by atoms with Gasteiger partial charge in [-0.15, -0.1) is 0 Å². The van der Waals surface area contributed by atoms with Gasteiger partial charge in [0.05, 0.1) is 30.7 Å². The SMILES string of the molecule is O=C(COC1CC(C2(O)CCCC2)C2CC1OC2=O)OCCC(F)(F)C(F)(F)S(=O)(=O)O. The van der Waals surface area contributed by atoms with Gasteiger partial charge in [0.15, 0.2) is 0 Å². The minimum Gasteiger partial charge on any atom is -0.464 e. The van der Waals surface area contributed by atoms with Gasteiger partial charge in [0.25, 0.3) is 0 Å². The molecule has 2 aliphatic carbocycles. The molecule has 0 spiro atoms. The first-order valence-electron chi connectivity index (χ1n) is 10.1. The first-order chi connectivity index (χ1) is 14.7. The molecule has 1 saturated heterocycles. The Balaban J connectivity index is 1.51. The number of hydrogen-bond donors (Lipinski definition) is 2. The maximum atomic E-state index is 13.4. The van der Waals surface area contributed by atoms with Crippen molar-refractivity contribution in [1.82, 2.24) is 0 Å². The number of aliphatic hydroxyl groups is 1. The number of halogens is 4.